The summed E-state index contributed by atoms with van der Waals surface area (Å²) in [7, 11) is 0. The zero-order chi connectivity index (χ0) is 18.4. The monoisotopic (exact) mass is 379 g/mol. The van der Waals surface area contributed by atoms with Gasteiger partial charge in [-0.2, -0.15) is 0 Å². The molecule has 0 fully saturated rings. The van der Waals surface area contributed by atoms with E-state index in [1.807, 2.05) is 13.0 Å². The fourth-order valence-corrected chi connectivity index (χ4v) is 2.93. The second-order valence-electron chi connectivity index (χ2n) is 5.70. The van der Waals surface area contributed by atoms with Crippen molar-refractivity contribution in [3.05, 3.63) is 52.0 Å². The van der Waals surface area contributed by atoms with Gasteiger partial charge >= 0.3 is 0 Å². The van der Waals surface area contributed by atoms with E-state index in [4.69, 9.17) is 23.2 Å². The van der Waals surface area contributed by atoms with Gasteiger partial charge in [-0.15, -0.1) is 0 Å². The number of carbonyl (C=O) groups excluding carboxylic acids is 1. The van der Waals surface area contributed by atoms with Gasteiger partial charge < -0.3 is 15.5 Å². The lowest BCUT2D eigenvalue weighted by Gasteiger charge is -2.22. The first kappa shape index (κ1) is 19.4. The molecule has 0 atom stereocenters. The van der Waals surface area contributed by atoms with Crippen LogP contribution in [0.1, 0.15) is 19.4 Å². The Bertz CT molecular complexity index is 745. The SMILES string of the molecule is CCN(CC)c1ccc(NCC(=O)Nc2cc(Cl)ccc2Cl)c(C)c1. The molecule has 4 nitrogen and oxygen atoms in total. The van der Waals surface area contributed by atoms with Gasteiger partial charge in [-0.1, -0.05) is 23.2 Å². The molecule has 6 heteroatoms. The number of nitrogens with zero attached hydrogens (tertiary/aromatic N) is 1. The molecule has 2 N–H and O–H groups in total. The fourth-order valence-electron chi connectivity index (χ4n) is 2.59. The molecule has 0 saturated carbocycles. The lowest BCUT2D eigenvalue weighted by molar-refractivity contribution is -0.114. The standard InChI is InChI=1S/C19H23Cl2N3O/c1-4-24(5-2)15-7-9-17(13(3)10-15)22-12-19(25)23-18-11-14(20)6-8-16(18)21/h6-11,22H,4-5,12H2,1-3H3,(H,23,25). The maximum atomic E-state index is 12.1. The highest BCUT2D eigenvalue weighted by Crippen LogP contribution is 2.26. The summed E-state index contributed by atoms with van der Waals surface area (Å²) in [6.07, 6.45) is 0. The molecule has 0 bridgehead atoms. The normalized spacial score (nSPS) is 10.4. The molecule has 0 aliphatic rings. The van der Waals surface area contributed by atoms with Gasteiger partial charge in [0.25, 0.3) is 0 Å². The number of amides is 1. The Morgan fingerprint density at radius 3 is 2.40 bits per heavy atom. The van der Waals surface area contributed by atoms with Gasteiger partial charge in [0.05, 0.1) is 17.3 Å². The summed E-state index contributed by atoms with van der Waals surface area (Å²) in [5.41, 5.74) is 3.72. The van der Waals surface area contributed by atoms with Crippen LogP contribution in [0.2, 0.25) is 10.0 Å². The fraction of sp³-hybridized carbons (Fsp3) is 0.316. The van der Waals surface area contributed by atoms with E-state index in [1.54, 1.807) is 18.2 Å². The van der Waals surface area contributed by atoms with Crippen molar-refractivity contribution >= 4 is 46.2 Å². The van der Waals surface area contributed by atoms with Gasteiger partial charge in [0, 0.05) is 29.5 Å². The lowest BCUT2D eigenvalue weighted by atomic mass is 10.1. The average Bonchev–Trinajstić information content (AvgIpc) is 2.58. The van der Waals surface area contributed by atoms with Gasteiger partial charge in [0.2, 0.25) is 5.91 Å². The third-order valence-corrected chi connectivity index (χ3v) is 4.55. The summed E-state index contributed by atoms with van der Waals surface area (Å²) >= 11 is 12.0. The third kappa shape index (κ3) is 5.28. The summed E-state index contributed by atoms with van der Waals surface area (Å²) in [6, 6.07) is 11.2. The molecule has 0 aliphatic carbocycles. The Balaban J connectivity index is 1.98. The molecular weight excluding hydrogens is 357 g/mol. The first-order valence-corrected chi connectivity index (χ1v) is 9.04. The van der Waals surface area contributed by atoms with E-state index in [-0.39, 0.29) is 12.5 Å². The molecule has 0 aromatic heterocycles. The molecule has 0 heterocycles. The number of benzene rings is 2. The van der Waals surface area contributed by atoms with E-state index in [9.17, 15) is 4.79 Å². The maximum Gasteiger partial charge on any atom is 0.243 e. The van der Waals surface area contributed by atoms with E-state index < -0.39 is 0 Å². The summed E-state index contributed by atoms with van der Waals surface area (Å²) < 4.78 is 0. The minimum Gasteiger partial charge on any atom is -0.376 e. The van der Waals surface area contributed by atoms with Crippen molar-refractivity contribution in [2.45, 2.75) is 20.8 Å². The van der Waals surface area contributed by atoms with E-state index >= 15 is 0 Å². The van der Waals surface area contributed by atoms with Crippen molar-refractivity contribution in [2.24, 2.45) is 0 Å². The van der Waals surface area contributed by atoms with Gasteiger partial charge in [-0.25, -0.2) is 0 Å². The second kappa shape index (κ2) is 8.97. The van der Waals surface area contributed by atoms with Crippen molar-refractivity contribution in [1.82, 2.24) is 0 Å². The largest absolute Gasteiger partial charge is 0.376 e. The Hall–Kier alpha value is -1.91. The molecule has 0 saturated heterocycles. The number of anilines is 3. The molecule has 0 radical (unpaired) electrons. The molecule has 2 aromatic carbocycles. The Kier molecular flexibility index (Phi) is 6.97. The van der Waals surface area contributed by atoms with E-state index in [2.05, 4.69) is 41.5 Å². The van der Waals surface area contributed by atoms with Crippen LogP contribution in [0.15, 0.2) is 36.4 Å². The van der Waals surface area contributed by atoms with Crippen molar-refractivity contribution in [3.63, 3.8) is 0 Å². The Morgan fingerprint density at radius 2 is 1.76 bits per heavy atom. The number of aryl methyl sites for hydroxylation is 1. The van der Waals surface area contributed by atoms with Crippen LogP contribution in [0.3, 0.4) is 0 Å². The van der Waals surface area contributed by atoms with E-state index in [0.29, 0.717) is 15.7 Å². The first-order valence-electron chi connectivity index (χ1n) is 8.29. The van der Waals surface area contributed by atoms with Gasteiger partial charge in [0.15, 0.2) is 0 Å². The third-order valence-electron chi connectivity index (χ3n) is 3.98. The van der Waals surface area contributed by atoms with Crippen LogP contribution in [-0.4, -0.2) is 25.5 Å². The molecule has 1 amide bonds. The molecule has 0 spiro atoms. The van der Waals surface area contributed by atoms with Crippen LogP contribution >= 0.6 is 23.2 Å². The van der Waals surface area contributed by atoms with Gasteiger partial charge in [0.1, 0.15) is 0 Å². The van der Waals surface area contributed by atoms with Crippen LogP contribution in [0.25, 0.3) is 0 Å². The molecule has 0 aliphatic heterocycles. The minimum atomic E-state index is -0.184. The van der Waals surface area contributed by atoms with Crippen LogP contribution < -0.4 is 15.5 Å². The molecular formula is C19H23Cl2N3O. The summed E-state index contributed by atoms with van der Waals surface area (Å²) in [5, 5.41) is 6.90. The summed E-state index contributed by atoms with van der Waals surface area (Å²) in [6.45, 7) is 8.37. The zero-order valence-corrected chi connectivity index (χ0v) is 16.2. The first-order chi connectivity index (χ1) is 11.9. The predicted octanol–water partition coefficient (Wildman–Crippen LogP) is 5.20. The maximum absolute atomic E-state index is 12.1. The second-order valence-corrected chi connectivity index (χ2v) is 6.54. The molecule has 2 aromatic rings. The molecule has 25 heavy (non-hydrogen) atoms. The molecule has 134 valence electrons. The van der Waals surface area contributed by atoms with Crippen molar-refractivity contribution in [2.75, 3.05) is 35.2 Å². The van der Waals surface area contributed by atoms with Crippen LogP contribution in [0.4, 0.5) is 17.1 Å². The predicted molar refractivity (Wildman–Crippen MR) is 108 cm³/mol. The van der Waals surface area contributed by atoms with Gasteiger partial charge in [-0.3, -0.25) is 4.79 Å². The van der Waals surface area contributed by atoms with Crippen LogP contribution in [0, 0.1) is 6.92 Å². The highest BCUT2D eigenvalue weighted by Gasteiger charge is 2.09. The summed E-state index contributed by atoms with van der Waals surface area (Å²) in [5.74, 6) is -0.184. The number of halogens is 2. The smallest absolute Gasteiger partial charge is 0.243 e. The summed E-state index contributed by atoms with van der Waals surface area (Å²) in [4.78, 5) is 14.4. The molecule has 0 unspecified atom stereocenters. The topological polar surface area (TPSA) is 44.4 Å². The quantitative estimate of drug-likeness (QED) is 0.694. The highest BCUT2D eigenvalue weighted by atomic mass is 35.5. The van der Waals surface area contributed by atoms with E-state index in [0.717, 1.165) is 24.3 Å². The van der Waals surface area contributed by atoms with Crippen molar-refractivity contribution in [3.8, 4) is 0 Å². The van der Waals surface area contributed by atoms with Gasteiger partial charge in [-0.05, 0) is 62.7 Å². The van der Waals surface area contributed by atoms with E-state index in [1.165, 1.54) is 5.69 Å². The highest BCUT2D eigenvalue weighted by molar-refractivity contribution is 6.35. The number of nitrogens with one attached hydrogen (secondary N) is 2. The molecule has 2 rings (SSSR count). The number of carbonyl (C=O) groups is 1. The lowest BCUT2D eigenvalue weighted by Crippen LogP contribution is -2.23. The zero-order valence-electron chi connectivity index (χ0n) is 14.7. The average molecular weight is 380 g/mol. The van der Waals surface area contributed by atoms with Crippen molar-refractivity contribution < 1.29 is 4.79 Å². The Morgan fingerprint density at radius 1 is 1.04 bits per heavy atom. The van der Waals surface area contributed by atoms with Crippen LogP contribution in [0.5, 0.6) is 0 Å². The minimum absolute atomic E-state index is 0.147. The number of hydrogen-bond acceptors (Lipinski definition) is 3. The number of rotatable bonds is 7. The number of hydrogen-bond donors (Lipinski definition) is 2. The van der Waals surface area contributed by atoms with Crippen molar-refractivity contribution in [1.29, 1.82) is 0 Å². The van der Waals surface area contributed by atoms with Crippen LogP contribution in [-0.2, 0) is 4.79 Å². The Labute approximate surface area is 159 Å².